The maximum Gasteiger partial charge on any atom is 0.276 e. The van der Waals surface area contributed by atoms with E-state index in [1.54, 1.807) is 6.07 Å². The molecule has 1 aliphatic rings. The molecule has 3 rings (SSSR count). The molecule has 1 saturated heterocycles. The Morgan fingerprint density at radius 2 is 2.17 bits per heavy atom. The Labute approximate surface area is 135 Å². The number of hydrogen-bond donors (Lipinski definition) is 0. The summed E-state index contributed by atoms with van der Waals surface area (Å²) in [6.45, 7) is 6.84. The molecule has 6 nitrogen and oxygen atoms in total. The molecule has 6 heteroatoms. The van der Waals surface area contributed by atoms with Gasteiger partial charge in [0.25, 0.3) is 5.91 Å². The third kappa shape index (κ3) is 3.16. The summed E-state index contributed by atoms with van der Waals surface area (Å²) in [6.07, 6.45) is 3.74. The van der Waals surface area contributed by atoms with Gasteiger partial charge in [0, 0.05) is 31.0 Å². The van der Waals surface area contributed by atoms with Gasteiger partial charge in [0.15, 0.2) is 5.69 Å². The van der Waals surface area contributed by atoms with E-state index >= 15 is 0 Å². The van der Waals surface area contributed by atoms with Gasteiger partial charge in [-0.15, -0.1) is 0 Å². The van der Waals surface area contributed by atoms with E-state index in [1.807, 2.05) is 24.8 Å². The second-order valence-corrected chi connectivity index (χ2v) is 6.39. The van der Waals surface area contributed by atoms with Crippen LogP contribution in [0.2, 0.25) is 0 Å². The van der Waals surface area contributed by atoms with E-state index in [2.05, 4.69) is 17.2 Å². The van der Waals surface area contributed by atoms with Gasteiger partial charge >= 0.3 is 0 Å². The minimum absolute atomic E-state index is 0.0314. The van der Waals surface area contributed by atoms with E-state index in [0.717, 1.165) is 42.9 Å². The van der Waals surface area contributed by atoms with Crippen LogP contribution in [0.15, 0.2) is 21.2 Å². The van der Waals surface area contributed by atoms with Crippen molar-refractivity contribution >= 4 is 5.91 Å². The van der Waals surface area contributed by atoms with Crippen LogP contribution >= 0.6 is 0 Å². The van der Waals surface area contributed by atoms with Crippen LogP contribution in [-0.2, 0) is 6.42 Å². The van der Waals surface area contributed by atoms with Gasteiger partial charge < -0.3 is 13.9 Å². The van der Waals surface area contributed by atoms with Crippen LogP contribution < -0.4 is 0 Å². The molecule has 124 valence electrons. The quantitative estimate of drug-likeness (QED) is 0.840. The highest BCUT2D eigenvalue weighted by atomic mass is 16.5. The number of hydrogen-bond acceptors (Lipinski definition) is 5. The predicted octanol–water partition coefficient (Wildman–Crippen LogP) is 3.72. The third-order valence-corrected chi connectivity index (χ3v) is 4.25. The van der Waals surface area contributed by atoms with Crippen molar-refractivity contribution in [2.75, 3.05) is 6.54 Å². The number of carbonyl (C=O) groups excluding carboxylic acids is 1. The maximum absolute atomic E-state index is 12.7. The molecule has 0 saturated carbocycles. The highest BCUT2D eigenvalue weighted by molar-refractivity contribution is 5.92. The van der Waals surface area contributed by atoms with Crippen LogP contribution in [0, 0.1) is 0 Å². The lowest BCUT2D eigenvalue weighted by Crippen LogP contribution is -2.30. The molecule has 0 N–H and O–H groups in total. The lowest BCUT2D eigenvalue weighted by Gasteiger charge is -2.21. The van der Waals surface area contributed by atoms with E-state index in [4.69, 9.17) is 9.05 Å². The Bertz CT molecular complexity index is 674. The van der Waals surface area contributed by atoms with Crippen molar-refractivity contribution in [3.63, 3.8) is 0 Å². The smallest absolute Gasteiger partial charge is 0.276 e. The minimum atomic E-state index is -0.0943. The van der Waals surface area contributed by atoms with Gasteiger partial charge in [-0.3, -0.25) is 4.79 Å². The van der Waals surface area contributed by atoms with Crippen molar-refractivity contribution in [1.82, 2.24) is 15.2 Å². The standard InChI is InChI=1S/C17H23N3O3/c1-4-6-12-9-13(18-22-12)15-7-5-8-20(15)17(21)14-10-16(11(2)3)23-19-14/h9-11,15H,4-8H2,1-3H3/t15-/m0/s1. The van der Waals surface area contributed by atoms with Gasteiger partial charge in [0.2, 0.25) is 0 Å². The second kappa shape index (κ2) is 6.56. The average molecular weight is 317 g/mol. The summed E-state index contributed by atoms with van der Waals surface area (Å²) in [5.74, 6) is 1.73. The average Bonchev–Trinajstić information content (AvgIpc) is 3.26. The first-order valence-corrected chi connectivity index (χ1v) is 8.33. The molecule has 2 aromatic heterocycles. The zero-order chi connectivity index (χ0) is 16.4. The molecule has 0 radical (unpaired) electrons. The van der Waals surface area contributed by atoms with Crippen molar-refractivity contribution in [1.29, 1.82) is 0 Å². The topological polar surface area (TPSA) is 72.4 Å². The van der Waals surface area contributed by atoms with Gasteiger partial charge in [0.1, 0.15) is 17.2 Å². The molecule has 0 spiro atoms. The van der Waals surface area contributed by atoms with Gasteiger partial charge in [-0.05, 0) is 19.3 Å². The van der Waals surface area contributed by atoms with Crippen molar-refractivity contribution in [3.8, 4) is 0 Å². The predicted molar refractivity (Wildman–Crippen MR) is 84.1 cm³/mol. The summed E-state index contributed by atoms with van der Waals surface area (Å²) in [6, 6.07) is 3.69. The molecule has 0 aliphatic carbocycles. The SMILES string of the molecule is CCCc1cc([C@@H]2CCCN2C(=O)c2cc(C(C)C)on2)no1. The normalized spacial score (nSPS) is 18.1. The highest BCUT2D eigenvalue weighted by Crippen LogP contribution is 2.33. The summed E-state index contributed by atoms with van der Waals surface area (Å²) in [7, 11) is 0. The Balaban J connectivity index is 1.78. The molecule has 0 aromatic carbocycles. The van der Waals surface area contributed by atoms with Gasteiger partial charge in [-0.1, -0.05) is 31.1 Å². The zero-order valence-electron chi connectivity index (χ0n) is 13.9. The fourth-order valence-corrected chi connectivity index (χ4v) is 2.98. The molecular formula is C17H23N3O3. The number of aryl methyl sites for hydroxylation is 1. The van der Waals surface area contributed by atoms with Crippen LogP contribution in [0.4, 0.5) is 0 Å². The van der Waals surface area contributed by atoms with Crippen LogP contribution in [0.5, 0.6) is 0 Å². The van der Waals surface area contributed by atoms with Crippen molar-refractivity contribution < 1.29 is 13.8 Å². The summed E-state index contributed by atoms with van der Waals surface area (Å²) < 4.78 is 10.6. The van der Waals surface area contributed by atoms with Gasteiger partial charge in [-0.25, -0.2) is 0 Å². The van der Waals surface area contributed by atoms with E-state index in [1.165, 1.54) is 0 Å². The first kappa shape index (κ1) is 15.8. The number of nitrogens with zero attached hydrogens (tertiary/aromatic N) is 3. The van der Waals surface area contributed by atoms with Crippen LogP contribution in [0.3, 0.4) is 0 Å². The molecule has 1 fully saturated rings. The van der Waals surface area contributed by atoms with E-state index in [9.17, 15) is 4.79 Å². The van der Waals surface area contributed by atoms with E-state index in [-0.39, 0.29) is 17.9 Å². The van der Waals surface area contributed by atoms with Gasteiger partial charge in [-0.2, -0.15) is 0 Å². The summed E-state index contributed by atoms with van der Waals surface area (Å²) in [4.78, 5) is 14.6. The zero-order valence-corrected chi connectivity index (χ0v) is 13.9. The first-order valence-electron chi connectivity index (χ1n) is 8.33. The molecule has 1 atom stereocenters. The van der Waals surface area contributed by atoms with Crippen LogP contribution in [0.1, 0.15) is 79.7 Å². The largest absolute Gasteiger partial charge is 0.361 e. The lowest BCUT2D eigenvalue weighted by atomic mass is 10.1. The monoisotopic (exact) mass is 317 g/mol. The number of rotatable bonds is 5. The summed E-state index contributed by atoms with van der Waals surface area (Å²) in [5, 5.41) is 8.10. The molecule has 23 heavy (non-hydrogen) atoms. The highest BCUT2D eigenvalue weighted by Gasteiger charge is 2.34. The summed E-state index contributed by atoms with van der Waals surface area (Å²) in [5.41, 5.74) is 1.21. The lowest BCUT2D eigenvalue weighted by molar-refractivity contribution is 0.0720. The number of amides is 1. The van der Waals surface area contributed by atoms with Gasteiger partial charge in [0.05, 0.1) is 6.04 Å². The Kier molecular flexibility index (Phi) is 4.50. The molecule has 1 aliphatic heterocycles. The fraction of sp³-hybridized carbons (Fsp3) is 0.588. The first-order chi connectivity index (χ1) is 11.1. The molecule has 0 unspecified atom stereocenters. The minimum Gasteiger partial charge on any atom is -0.361 e. The number of carbonyl (C=O) groups is 1. The van der Waals surface area contributed by atoms with Crippen molar-refractivity contribution in [2.45, 2.75) is 58.4 Å². The van der Waals surface area contributed by atoms with Crippen LogP contribution in [-0.4, -0.2) is 27.7 Å². The Morgan fingerprint density at radius 3 is 2.87 bits per heavy atom. The molecule has 3 heterocycles. The Morgan fingerprint density at radius 1 is 1.35 bits per heavy atom. The fourth-order valence-electron chi connectivity index (χ4n) is 2.98. The Hall–Kier alpha value is -2.11. The molecule has 2 aromatic rings. The van der Waals surface area contributed by atoms with Crippen LogP contribution in [0.25, 0.3) is 0 Å². The summed E-state index contributed by atoms with van der Waals surface area (Å²) >= 11 is 0. The van der Waals surface area contributed by atoms with E-state index < -0.39 is 0 Å². The second-order valence-electron chi connectivity index (χ2n) is 6.39. The maximum atomic E-state index is 12.7. The van der Waals surface area contributed by atoms with Crippen molar-refractivity contribution in [2.24, 2.45) is 0 Å². The van der Waals surface area contributed by atoms with E-state index in [0.29, 0.717) is 12.2 Å². The molecular weight excluding hydrogens is 294 g/mol. The van der Waals surface area contributed by atoms with Crippen molar-refractivity contribution in [3.05, 3.63) is 35.0 Å². The molecule has 1 amide bonds. The number of aromatic nitrogens is 2. The molecule has 0 bridgehead atoms. The number of likely N-dealkylation sites (tertiary alicyclic amines) is 1. The third-order valence-electron chi connectivity index (χ3n) is 4.25.